The van der Waals surface area contributed by atoms with E-state index < -0.39 is 6.04 Å². The molecule has 5 heteroatoms. The maximum absolute atomic E-state index is 13.1. The van der Waals surface area contributed by atoms with Gasteiger partial charge in [0.25, 0.3) is 0 Å². The highest BCUT2D eigenvalue weighted by atomic mass is 32.2. The van der Waals surface area contributed by atoms with E-state index in [4.69, 9.17) is 0 Å². The van der Waals surface area contributed by atoms with Gasteiger partial charge in [-0.15, -0.1) is 11.8 Å². The van der Waals surface area contributed by atoms with Crippen LogP contribution in [0.4, 0.5) is 0 Å². The van der Waals surface area contributed by atoms with Crippen LogP contribution in [0.2, 0.25) is 0 Å². The molecule has 0 bridgehead atoms. The van der Waals surface area contributed by atoms with Gasteiger partial charge in [0.2, 0.25) is 11.8 Å². The van der Waals surface area contributed by atoms with E-state index in [9.17, 15) is 9.59 Å². The number of thioether (sulfide) groups is 1. The minimum absolute atomic E-state index is 0.0171. The van der Waals surface area contributed by atoms with Gasteiger partial charge in [-0.3, -0.25) is 9.59 Å². The molecule has 4 nitrogen and oxygen atoms in total. The molecular weight excluding hydrogens is 380 g/mol. The summed E-state index contributed by atoms with van der Waals surface area (Å²) in [7, 11) is 0. The second-order valence-electron chi connectivity index (χ2n) is 7.16. The summed E-state index contributed by atoms with van der Waals surface area (Å²) in [5.41, 5.74) is 1.03. The first-order valence-electron chi connectivity index (χ1n) is 10.4. The number of benzene rings is 2. The number of carbonyl (C=O) groups excluding carboxylic acids is 2. The molecule has 2 aromatic rings. The third kappa shape index (κ3) is 7.58. The topological polar surface area (TPSA) is 49.4 Å². The Morgan fingerprint density at radius 2 is 1.59 bits per heavy atom. The van der Waals surface area contributed by atoms with Crippen LogP contribution < -0.4 is 5.32 Å². The fourth-order valence-electron chi connectivity index (χ4n) is 3.06. The number of hydrogen-bond donors (Lipinski definition) is 1. The van der Waals surface area contributed by atoms with Gasteiger partial charge >= 0.3 is 0 Å². The Hall–Kier alpha value is -2.27. The van der Waals surface area contributed by atoms with Crippen LogP contribution in [0.3, 0.4) is 0 Å². The maximum Gasteiger partial charge on any atom is 0.243 e. The lowest BCUT2D eigenvalue weighted by molar-refractivity contribution is -0.141. The van der Waals surface area contributed by atoms with Crippen molar-refractivity contribution < 1.29 is 9.59 Å². The van der Waals surface area contributed by atoms with Crippen LogP contribution in [0.5, 0.6) is 0 Å². The lowest BCUT2D eigenvalue weighted by Gasteiger charge is -2.31. The Morgan fingerprint density at radius 1 is 0.966 bits per heavy atom. The molecule has 2 rings (SSSR count). The molecule has 29 heavy (non-hydrogen) atoms. The van der Waals surface area contributed by atoms with E-state index >= 15 is 0 Å². The summed E-state index contributed by atoms with van der Waals surface area (Å²) in [4.78, 5) is 28.9. The highest BCUT2D eigenvalue weighted by Gasteiger charge is 2.28. The summed E-state index contributed by atoms with van der Waals surface area (Å²) < 4.78 is 0. The molecule has 0 aromatic heterocycles. The molecule has 0 unspecified atom stereocenters. The zero-order valence-corrected chi connectivity index (χ0v) is 18.5. The van der Waals surface area contributed by atoms with E-state index in [0.29, 0.717) is 25.1 Å². The number of rotatable bonds is 11. The number of carbonyl (C=O) groups is 2. The fourth-order valence-corrected chi connectivity index (χ4v) is 3.92. The Bertz CT molecular complexity index is 752. The van der Waals surface area contributed by atoms with Crippen molar-refractivity contribution in [2.24, 2.45) is 0 Å². The second-order valence-corrected chi connectivity index (χ2v) is 8.33. The first kappa shape index (κ1) is 23.0. The van der Waals surface area contributed by atoms with E-state index in [0.717, 1.165) is 16.9 Å². The van der Waals surface area contributed by atoms with Crippen molar-refractivity contribution in [3.05, 3.63) is 66.2 Å². The van der Waals surface area contributed by atoms with Gasteiger partial charge in [0, 0.05) is 29.7 Å². The van der Waals surface area contributed by atoms with Gasteiger partial charge in [0.15, 0.2) is 0 Å². The zero-order valence-electron chi connectivity index (χ0n) is 17.6. The van der Waals surface area contributed by atoms with Crippen molar-refractivity contribution in [1.29, 1.82) is 0 Å². The molecule has 0 fully saturated rings. The van der Waals surface area contributed by atoms with Crippen LogP contribution >= 0.6 is 11.8 Å². The van der Waals surface area contributed by atoms with E-state index in [1.807, 2.05) is 81.4 Å². The summed E-state index contributed by atoms with van der Waals surface area (Å²) >= 11 is 1.67. The molecule has 0 spiro atoms. The van der Waals surface area contributed by atoms with Crippen LogP contribution in [0.15, 0.2) is 65.6 Å². The molecule has 0 heterocycles. The van der Waals surface area contributed by atoms with Crippen molar-refractivity contribution in [3.63, 3.8) is 0 Å². The highest BCUT2D eigenvalue weighted by molar-refractivity contribution is 7.99. The Kier molecular flexibility index (Phi) is 9.78. The van der Waals surface area contributed by atoms with Gasteiger partial charge in [-0.1, -0.05) is 62.4 Å². The smallest absolute Gasteiger partial charge is 0.243 e. The van der Waals surface area contributed by atoms with Crippen LogP contribution in [0, 0.1) is 0 Å². The lowest BCUT2D eigenvalue weighted by atomic mass is 10.1. The molecule has 2 atom stereocenters. The van der Waals surface area contributed by atoms with Gasteiger partial charge in [-0.05, 0) is 37.5 Å². The Labute approximate surface area is 179 Å². The molecule has 0 aliphatic carbocycles. The van der Waals surface area contributed by atoms with E-state index in [2.05, 4.69) is 5.32 Å². The third-order valence-corrected chi connectivity index (χ3v) is 5.92. The lowest BCUT2D eigenvalue weighted by Crippen LogP contribution is -2.50. The average Bonchev–Trinajstić information content (AvgIpc) is 2.74. The third-order valence-electron chi connectivity index (χ3n) is 4.91. The monoisotopic (exact) mass is 412 g/mol. The summed E-state index contributed by atoms with van der Waals surface area (Å²) in [5, 5.41) is 3.05. The van der Waals surface area contributed by atoms with Crippen LogP contribution in [-0.4, -0.2) is 34.6 Å². The summed E-state index contributed by atoms with van der Waals surface area (Å²) in [6.45, 7) is 6.44. The standard InChI is InChI=1S/C24H32N2O2S/c1-4-19(3)25-24(28)22(5-2)26(18-20-12-8-6-9-13-20)23(27)16-17-29-21-14-10-7-11-15-21/h6-15,19,22H,4-5,16-18H2,1-3H3,(H,25,28)/t19-,22-/m1/s1. The molecule has 0 aliphatic heterocycles. The van der Waals surface area contributed by atoms with Gasteiger partial charge in [0.05, 0.1) is 0 Å². The molecule has 1 N–H and O–H groups in total. The Morgan fingerprint density at radius 3 is 2.17 bits per heavy atom. The number of nitrogens with zero attached hydrogens (tertiary/aromatic N) is 1. The van der Waals surface area contributed by atoms with Crippen molar-refractivity contribution >= 4 is 23.6 Å². The normalized spacial score (nSPS) is 12.8. The molecular formula is C24H32N2O2S. The number of nitrogens with one attached hydrogen (secondary N) is 1. The van der Waals surface area contributed by atoms with Gasteiger partial charge in [0.1, 0.15) is 6.04 Å². The molecule has 0 saturated heterocycles. The quantitative estimate of drug-likeness (QED) is 0.535. The van der Waals surface area contributed by atoms with Crippen molar-refractivity contribution in [1.82, 2.24) is 10.2 Å². The first-order chi connectivity index (χ1) is 14.0. The SMILES string of the molecule is CC[C@@H](C)NC(=O)[C@@H](CC)N(Cc1ccccc1)C(=O)CCSc1ccccc1. The molecule has 0 radical (unpaired) electrons. The van der Waals surface area contributed by atoms with Crippen LogP contribution in [0.25, 0.3) is 0 Å². The van der Waals surface area contributed by atoms with Crippen molar-refractivity contribution in [2.75, 3.05) is 5.75 Å². The van der Waals surface area contributed by atoms with E-state index in [1.54, 1.807) is 16.7 Å². The second kappa shape index (κ2) is 12.3. The molecule has 2 aromatic carbocycles. The van der Waals surface area contributed by atoms with E-state index in [-0.39, 0.29) is 17.9 Å². The van der Waals surface area contributed by atoms with E-state index in [1.165, 1.54) is 0 Å². The number of hydrogen-bond acceptors (Lipinski definition) is 3. The van der Waals surface area contributed by atoms with Gasteiger partial charge in [-0.25, -0.2) is 0 Å². The minimum Gasteiger partial charge on any atom is -0.352 e. The van der Waals surface area contributed by atoms with Crippen molar-refractivity contribution in [3.8, 4) is 0 Å². The summed E-state index contributed by atoms with van der Waals surface area (Å²) in [6, 6.07) is 19.6. The molecule has 0 saturated carbocycles. The molecule has 0 aliphatic rings. The average molecular weight is 413 g/mol. The highest BCUT2D eigenvalue weighted by Crippen LogP contribution is 2.20. The Balaban J connectivity index is 2.09. The van der Waals surface area contributed by atoms with Gasteiger partial charge in [-0.2, -0.15) is 0 Å². The zero-order chi connectivity index (χ0) is 21.1. The summed E-state index contributed by atoms with van der Waals surface area (Å²) in [5.74, 6) is 0.641. The predicted octanol–water partition coefficient (Wildman–Crippen LogP) is 4.89. The van der Waals surface area contributed by atoms with Crippen molar-refractivity contribution in [2.45, 2.75) is 63.6 Å². The number of amides is 2. The predicted molar refractivity (Wildman–Crippen MR) is 121 cm³/mol. The first-order valence-corrected chi connectivity index (χ1v) is 11.3. The largest absolute Gasteiger partial charge is 0.352 e. The summed E-state index contributed by atoms with van der Waals surface area (Å²) in [6.07, 6.45) is 1.86. The fraction of sp³-hybridized carbons (Fsp3) is 0.417. The molecule has 156 valence electrons. The maximum atomic E-state index is 13.1. The minimum atomic E-state index is -0.460. The van der Waals surface area contributed by atoms with Gasteiger partial charge < -0.3 is 10.2 Å². The van der Waals surface area contributed by atoms with Crippen LogP contribution in [-0.2, 0) is 16.1 Å². The molecule has 2 amide bonds. The van der Waals surface area contributed by atoms with Crippen LogP contribution in [0.1, 0.15) is 45.6 Å².